The van der Waals surface area contributed by atoms with Gasteiger partial charge in [-0.05, 0) is 36.3 Å². The third-order valence-corrected chi connectivity index (χ3v) is 6.85. The Balaban J connectivity index is 2.25. The van der Waals surface area contributed by atoms with Gasteiger partial charge >= 0.3 is 0 Å². The van der Waals surface area contributed by atoms with Crippen LogP contribution >= 0.6 is 27.7 Å². The minimum Gasteiger partial charge on any atom is -0.329 e. The molecule has 2 N–H and O–H groups in total. The number of thioether (sulfide) groups is 1. The molecule has 0 aliphatic carbocycles. The van der Waals surface area contributed by atoms with E-state index in [9.17, 15) is 0 Å². The van der Waals surface area contributed by atoms with E-state index >= 15 is 0 Å². The Hall–Kier alpha value is -0.0300. The van der Waals surface area contributed by atoms with E-state index in [1.165, 1.54) is 22.2 Å². The van der Waals surface area contributed by atoms with Gasteiger partial charge in [-0.3, -0.25) is 4.90 Å². The molecular weight excluding hydrogens is 332 g/mol. The van der Waals surface area contributed by atoms with E-state index in [-0.39, 0.29) is 11.0 Å². The SMILES string of the molecule is CN(Cc1ccccc1Br)C1(CN)CSCCC1(C)C. The fourth-order valence-electron chi connectivity index (χ4n) is 3.15. The second-order valence-corrected chi connectivity index (χ2v) is 8.33. The standard InChI is InChI=1S/C16H25BrN2S/c1-15(2)8-9-20-12-16(15,11-18)19(3)10-13-6-4-5-7-14(13)17/h4-7H,8-12,18H2,1-3H3. The van der Waals surface area contributed by atoms with Gasteiger partial charge in [0.05, 0.1) is 0 Å². The number of hydrogen-bond acceptors (Lipinski definition) is 3. The second-order valence-electron chi connectivity index (χ2n) is 6.37. The molecule has 4 heteroatoms. The van der Waals surface area contributed by atoms with Crippen molar-refractivity contribution >= 4 is 27.7 Å². The summed E-state index contributed by atoms with van der Waals surface area (Å²) in [6, 6.07) is 8.46. The normalized spacial score (nSPS) is 25.9. The molecule has 0 radical (unpaired) electrons. The Labute approximate surface area is 135 Å². The molecule has 2 rings (SSSR count). The third kappa shape index (κ3) is 2.94. The number of rotatable bonds is 4. The number of hydrogen-bond donors (Lipinski definition) is 1. The molecule has 1 aromatic rings. The minimum atomic E-state index is 0.0746. The molecule has 1 heterocycles. The van der Waals surface area contributed by atoms with Crippen molar-refractivity contribution in [2.24, 2.45) is 11.1 Å². The quantitative estimate of drug-likeness (QED) is 0.890. The monoisotopic (exact) mass is 356 g/mol. The highest BCUT2D eigenvalue weighted by Crippen LogP contribution is 2.45. The van der Waals surface area contributed by atoms with Crippen LogP contribution in [0.1, 0.15) is 25.8 Å². The zero-order valence-electron chi connectivity index (χ0n) is 12.7. The smallest absolute Gasteiger partial charge is 0.0473 e. The summed E-state index contributed by atoms with van der Waals surface area (Å²) < 4.78 is 1.18. The Morgan fingerprint density at radius 1 is 1.35 bits per heavy atom. The fraction of sp³-hybridized carbons (Fsp3) is 0.625. The van der Waals surface area contributed by atoms with Crippen molar-refractivity contribution in [3.8, 4) is 0 Å². The summed E-state index contributed by atoms with van der Waals surface area (Å²) in [5.41, 5.74) is 7.90. The molecule has 20 heavy (non-hydrogen) atoms. The maximum atomic E-state index is 6.24. The number of likely N-dealkylation sites (N-methyl/N-ethyl adjacent to an activating group) is 1. The fourth-order valence-corrected chi connectivity index (χ4v) is 5.42. The number of nitrogens with zero attached hydrogens (tertiary/aromatic N) is 1. The molecule has 1 fully saturated rings. The molecule has 1 atom stereocenters. The zero-order chi connectivity index (χ0) is 14.8. The lowest BCUT2D eigenvalue weighted by Crippen LogP contribution is -2.64. The van der Waals surface area contributed by atoms with Gasteiger partial charge in [-0.2, -0.15) is 11.8 Å². The first-order valence-electron chi connectivity index (χ1n) is 7.15. The molecule has 112 valence electrons. The number of benzene rings is 1. The van der Waals surface area contributed by atoms with Gasteiger partial charge in [-0.15, -0.1) is 0 Å². The van der Waals surface area contributed by atoms with Gasteiger partial charge in [0, 0.05) is 28.9 Å². The van der Waals surface area contributed by atoms with Gasteiger partial charge in [0.25, 0.3) is 0 Å². The average molecular weight is 357 g/mol. The Bertz CT molecular complexity index is 464. The van der Waals surface area contributed by atoms with Crippen LogP contribution in [-0.2, 0) is 6.54 Å². The molecule has 1 aromatic carbocycles. The highest BCUT2D eigenvalue weighted by atomic mass is 79.9. The maximum absolute atomic E-state index is 6.24. The van der Waals surface area contributed by atoms with Crippen molar-refractivity contribution in [2.45, 2.75) is 32.4 Å². The summed E-state index contributed by atoms with van der Waals surface area (Å²) in [4.78, 5) is 2.47. The first kappa shape index (κ1) is 16.3. The lowest BCUT2D eigenvalue weighted by molar-refractivity contribution is 0.0147. The Morgan fingerprint density at radius 3 is 2.65 bits per heavy atom. The van der Waals surface area contributed by atoms with Crippen LogP contribution in [-0.4, -0.2) is 35.5 Å². The van der Waals surface area contributed by atoms with Crippen molar-refractivity contribution in [1.82, 2.24) is 4.90 Å². The molecule has 2 nitrogen and oxygen atoms in total. The van der Waals surface area contributed by atoms with Crippen LogP contribution in [0.25, 0.3) is 0 Å². The van der Waals surface area contributed by atoms with Crippen LogP contribution in [0.3, 0.4) is 0 Å². The summed E-state index contributed by atoms with van der Waals surface area (Å²) in [5, 5.41) is 0. The molecule has 1 saturated heterocycles. The van der Waals surface area contributed by atoms with Crippen LogP contribution in [0, 0.1) is 5.41 Å². The summed E-state index contributed by atoms with van der Waals surface area (Å²) >= 11 is 5.69. The predicted molar refractivity (Wildman–Crippen MR) is 93.1 cm³/mol. The van der Waals surface area contributed by atoms with Crippen LogP contribution in [0.5, 0.6) is 0 Å². The van der Waals surface area contributed by atoms with E-state index in [1.54, 1.807) is 0 Å². The van der Waals surface area contributed by atoms with Crippen molar-refractivity contribution in [1.29, 1.82) is 0 Å². The van der Waals surface area contributed by atoms with Gasteiger partial charge in [0.1, 0.15) is 0 Å². The van der Waals surface area contributed by atoms with E-state index in [1.807, 2.05) is 11.8 Å². The molecule has 1 aliphatic heterocycles. The summed E-state index contributed by atoms with van der Waals surface area (Å²) in [5.74, 6) is 2.37. The number of nitrogens with two attached hydrogens (primary N) is 1. The topological polar surface area (TPSA) is 29.3 Å². The molecule has 1 unspecified atom stereocenters. The molecule has 0 bridgehead atoms. The maximum Gasteiger partial charge on any atom is 0.0473 e. The van der Waals surface area contributed by atoms with Crippen molar-refractivity contribution in [3.05, 3.63) is 34.3 Å². The highest BCUT2D eigenvalue weighted by molar-refractivity contribution is 9.10. The van der Waals surface area contributed by atoms with E-state index in [0.717, 1.165) is 12.3 Å². The van der Waals surface area contributed by atoms with Gasteiger partial charge in [-0.25, -0.2) is 0 Å². The minimum absolute atomic E-state index is 0.0746. The van der Waals surface area contributed by atoms with Gasteiger partial charge in [0.15, 0.2) is 0 Å². The van der Waals surface area contributed by atoms with Gasteiger partial charge in [0.2, 0.25) is 0 Å². The van der Waals surface area contributed by atoms with Gasteiger partial charge < -0.3 is 5.73 Å². The first-order valence-corrected chi connectivity index (χ1v) is 9.10. The lowest BCUT2D eigenvalue weighted by atomic mass is 9.69. The van der Waals surface area contributed by atoms with Crippen LogP contribution in [0.4, 0.5) is 0 Å². The van der Waals surface area contributed by atoms with E-state index in [4.69, 9.17) is 5.73 Å². The molecule has 1 aliphatic rings. The molecule has 0 saturated carbocycles. The summed E-state index contributed by atoms with van der Waals surface area (Å²) in [6.45, 7) is 6.39. The zero-order valence-corrected chi connectivity index (χ0v) is 15.1. The first-order chi connectivity index (χ1) is 9.43. The van der Waals surface area contributed by atoms with E-state index in [2.05, 4.69) is 66.0 Å². The van der Waals surface area contributed by atoms with Crippen molar-refractivity contribution < 1.29 is 0 Å². The van der Waals surface area contributed by atoms with Crippen LogP contribution < -0.4 is 5.73 Å². The highest BCUT2D eigenvalue weighted by Gasteiger charge is 2.48. The molecule has 0 spiro atoms. The summed E-state index contributed by atoms with van der Waals surface area (Å²) in [6.07, 6.45) is 1.23. The molecule has 0 aromatic heterocycles. The largest absolute Gasteiger partial charge is 0.329 e. The predicted octanol–water partition coefficient (Wildman–Crippen LogP) is 3.74. The second kappa shape index (κ2) is 6.39. The lowest BCUT2D eigenvalue weighted by Gasteiger charge is -2.54. The van der Waals surface area contributed by atoms with E-state index in [0.29, 0.717) is 6.54 Å². The van der Waals surface area contributed by atoms with Gasteiger partial charge in [-0.1, -0.05) is 48.0 Å². The van der Waals surface area contributed by atoms with Crippen molar-refractivity contribution in [3.63, 3.8) is 0 Å². The van der Waals surface area contributed by atoms with E-state index < -0.39 is 0 Å². The van der Waals surface area contributed by atoms with Crippen LogP contribution in [0.2, 0.25) is 0 Å². The Kier molecular flexibility index (Phi) is 5.22. The third-order valence-electron chi connectivity index (χ3n) is 4.91. The molecular formula is C16H25BrN2S. The van der Waals surface area contributed by atoms with Crippen LogP contribution in [0.15, 0.2) is 28.7 Å². The molecule has 0 amide bonds. The average Bonchev–Trinajstić information content (AvgIpc) is 2.41. The summed E-state index contributed by atoms with van der Waals surface area (Å²) in [7, 11) is 2.22. The Morgan fingerprint density at radius 2 is 2.05 bits per heavy atom. The van der Waals surface area contributed by atoms with Crippen molar-refractivity contribution in [2.75, 3.05) is 25.1 Å². The number of halogens is 1.